The van der Waals surface area contributed by atoms with Gasteiger partial charge in [-0.3, -0.25) is 5.32 Å². The Morgan fingerprint density at radius 2 is 1.84 bits per heavy atom. The SMILES string of the molecule is CCCCCCC(NC(=O)OCC)OOC(C)(C)C. The molecule has 0 aliphatic rings. The summed E-state index contributed by atoms with van der Waals surface area (Å²) in [6.07, 6.45) is 4.25. The van der Waals surface area contributed by atoms with Crippen LogP contribution in [0.25, 0.3) is 0 Å². The summed E-state index contributed by atoms with van der Waals surface area (Å²) in [7, 11) is 0. The highest BCUT2D eigenvalue weighted by molar-refractivity contribution is 5.67. The van der Waals surface area contributed by atoms with E-state index in [4.69, 9.17) is 14.5 Å². The van der Waals surface area contributed by atoms with Gasteiger partial charge in [0.05, 0.1) is 12.2 Å². The molecule has 0 aliphatic carbocycles. The van der Waals surface area contributed by atoms with Crippen molar-refractivity contribution in [2.24, 2.45) is 0 Å². The van der Waals surface area contributed by atoms with Crippen LogP contribution in [0.1, 0.15) is 66.7 Å². The minimum Gasteiger partial charge on any atom is -0.450 e. The largest absolute Gasteiger partial charge is 0.450 e. The van der Waals surface area contributed by atoms with Crippen LogP contribution >= 0.6 is 0 Å². The molecule has 0 aromatic carbocycles. The van der Waals surface area contributed by atoms with Crippen LogP contribution < -0.4 is 5.32 Å². The standard InChI is InChI=1S/C14H29NO4/c1-6-8-9-10-11-12(15-13(16)17-7-2)18-19-14(3,4)5/h12H,6-11H2,1-5H3,(H,15,16). The highest BCUT2D eigenvalue weighted by Gasteiger charge is 2.19. The van der Waals surface area contributed by atoms with Gasteiger partial charge in [-0.05, 0) is 40.5 Å². The molecule has 0 spiro atoms. The molecule has 5 heteroatoms. The number of amides is 1. The zero-order valence-corrected chi connectivity index (χ0v) is 13.0. The lowest BCUT2D eigenvalue weighted by Crippen LogP contribution is -2.39. The van der Waals surface area contributed by atoms with Crippen LogP contribution in [0.15, 0.2) is 0 Å². The lowest BCUT2D eigenvalue weighted by Gasteiger charge is -2.23. The number of hydrogen-bond donors (Lipinski definition) is 1. The third-order valence-corrected chi connectivity index (χ3v) is 2.29. The van der Waals surface area contributed by atoms with Crippen molar-refractivity contribution in [3.8, 4) is 0 Å². The number of alkyl carbamates (subject to hydrolysis) is 1. The van der Waals surface area contributed by atoms with E-state index in [1.807, 2.05) is 20.8 Å². The van der Waals surface area contributed by atoms with E-state index in [9.17, 15) is 4.79 Å². The van der Waals surface area contributed by atoms with Crippen LogP contribution in [-0.4, -0.2) is 24.5 Å². The zero-order chi connectivity index (χ0) is 14.7. The Bertz CT molecular complexity index is 238. The molecule has 0 saturated carbocycles. The van der Waals surface area contributed by atoms with Crippen LogP contribution in [0.4, 0.5) is 4.79 Å². The van der Waals surface area contributed by atoms with Gasteiger partial charge in [0.1, 0.15) is 0 Å². The quantitative estimate of drug-likeness (QED) is 0.301. The van der Waals surface area contributed by atoms with Gasteiger partial charge in [0.15, 0.2) is 6.23 Å². The number of rotatable bonds is 9. The molecule has 1 N–H and O–H groups in total. The van der Waals surface area contributed by atoms with Gasteiger partial charge in [-0.15, -0.1) is 0 Å². The number of hydrogen-bond acceptors (Lipinski definition) is 4. The summed E-state index contributed by atoms with van der Waals surface area (Å²) >= 11 is 0. The van der Waals surface area contributed by atoms with E-state index >= 15 is 0 Å². The Morgan fingerprint density at radius 3 is 2.37 bits per heavy atom. The molecule has 1 unspecified atom stereocenters. The second-order valence-electron chi connectivity index (χ2n) is 5.49. The van der Waals surface area contributed by atoms with Crippen LogP contribution in [0.2, 0.25) is 0 Å². The van der Waals surface area contributed by atoms with E-state index in [-0.39, 0.29) is 0 Å². The molecule has 0 bridgehead atoms. The van der Waals surface area contributed by atoms with Gasteiger partial charge >= 0.3 is 6.09 Å². The van der Waals surface area contributed by atoms with Gasteiger partial charge in [-0.1, -0.05) is 26.2 Å². The molecular weight excluding hydrogens is 246 g/mol. The van der Waals surface area contributed by atoms with Crippen LogP contribution in [0.3, 0.4) is 0 Å². The molecule has 0 rings (SSSR count). The molecule has 114 valence electrons. The third-order valence-electron chi connectivity index (χ3n) is 2.29. The molecule has 0 aliphatic heterocycles. The smallest absolute Gasteiger partial charge is 0.409 e. The van der Waals surface area contributed by atoms with Gasteiger partial charge < -0.3 is 4.74 Å². The monoisotopic (exact) mass is 275 g/mol. The van der Waals surface area contributed by atoms with E-state index in [1.54, 1.807) is 6.92 Å². The summed E-state index contributed by atoms with van der Waals surface area (Å²) < 4.78 is 4.85. The molecular formula is C14H29NO4. The molecule has 0 radical (unpaired) electrons. The second kappa shape index (κ2) is 10.0. The number of carbonyl (C=O) groups excluding carboxylic acids is 1. The first kappa shape index (κ1) is 18.2. The number of nitrogens with one attached hydrogen (secondary N) is 1. The third kappa shape index (κ3) is 12.0. The molecule has 5 nitrogen and oxygen atoms in total. The van der Waals surface area contributed by atoms with E-state index in [1.165, 1.54) is 12.8 Å². The fraction of sp³-hybridized carbons (Fsp3) is 0.929. The van der Waals surface area contributed by atoms with Gasteiger partial charge in [0, 0.05) is 0 Å². The van der Waals surface area contributed by atoms with E-state index in [0.29, 0.717) is 6.61 Å². The van der Waals surface area contributed by atoms with Crippen molar-refractivity contribution >= 4 is 6.09 Å². The zero-order valence-electron chi connectivity index (χ0n) is 13.0. The van der Waals surface area contributed by atoms with Crippen molar-refractivity contribution in [1.29, 1.82) is 0 Å². The molecule has 0 fully saturated rings. The molecule has 0 aromatic heterocycles. The molecule has 0 aromatic rings. The average Bonchev–Trinajstić information content (AvgIpc) is 2.30. The van der Waals surface area contributed by atoms with Crippen molar-refractivity contribution in [2.75, 3.05) is 6.61 Å². The minimum absolute atomic E-state index is 0.342. The first-order valence-electron chi connectivity index (χ1n) is 7.16. The molecule has 0 heterocycles. The first-order chi connectivity index (χ1) is 8.89. The lowest BCUT2D eigenvalue weighted by molar-refractivity contribution is -0.377. The van der Waals surface area contributed by atoms with E-state index < -0.39 is 17.9 Å². The highest BCUT2D eigenvalue weighted by atomic mass is 17.2. The lowest BCUT2D eigenvalue weighted by atomic mass is 10.1. The Kier molecular flexibility index (Phi) is 9.61. The summed E-state index contributed by atoms with van der Waals surface area (Å²) in [6.45, 7) is 9.95. The van der Waals surface area contributed by atoms with E-state index in [2.05, 4.69) is 12.2 Å². The van der Waals surface area contributed by atoms with E-state index in [0.717, 1.165) is 19.3 Å². The minimum atomic E-state index is -0.472. The maximum absolute atomic E-state index is 11.4. The van der Waals surface area contributed by atoms with Crippen LogP contribution in [0.5, 0.6) is 0 Å². The highest BCUT2D eigenvalue weighted by Crippen LogP contribution is 2.12. The van der Waals surface area contributed by atoms with Gasteiger partial charge in [-0.2, -0.15) is 0 Å². The summed E-state index contributed by atoms with van der Waals surface area (Å²) in [4.78, 5) is 21.9. The summed E-state index contributed by atoms with van der Waals surface area (Å²) in [5.41, 5.74) is -0.405. The van der Waals surface area contributed by atoms with Crippen molar-refractivity contribution in [3.63, 3.8) is 0 Å². The predicted molar refractivity (Wildman–Crippen MR) is 74.6 cm³/mol. The average molecular weight is 275 g/mol. The Hall–Kier alpha value is -0.810. The van der Waals surface area contributed by atoms with Gasteiger partial charge in [0.2, 0.25) is 0 Å². The number of ether oxygens (including phenoxy) is 1. The fourth-order valence-electron chi connectivity index (χ4n) is 1.41. The van der Waals surface area contributed by atoms with Crippen molar-refractivity contribution in [2.45, 2.75) is 78.6 Å². The van der Waals surface area contributed by atoms with Crippen molar-refractivity contribution in [3.05, 3.63) is 0 Å². The van der Waals surface area contributed by atoms with Gasteiger partial charge in [0.25, 0.3) is 0 Å². The molecule has 1 atom stereocenters. The second-order valence-corrected chi connectivity index (χ2v) is 5.49. The predicted octanol–water partition coefficient (Wildman–Crippen LogP) is 3.78. The Labute approximate surface area is 116 Å². The van der Waals surface area contributed by atoms with Crippen molar-refractivity contribution in [1.82, 2.24) is 5.32 Å². The van der Waals surface area contributed by atoms with Crippen LogP contribution in [-0.2, 0) is 14.5 Å². The summed E-state index contributed by atoms with van der Waals surface area (Å²) in [6, 6.07) is 0. The maximum atomic E-state index is 11.4. The fourth-order valence-corrected chi connectivity index (χ4v) is 1.41. The normalized spacial score (nSPS) is 13.1. The maximum Gasteiger partial charge on any atom is 0.409 e. The van der Waals surface area contributed by atoms with Crippen LogP contribution in [0, 0.1) is 0 Å². The Balaban J connectivity index is 4.10. The number of carbonyl (C=O) groups is 1. The molecule has 1 amide bonds. The summed E-state index contributed by atoms with van der Waals surface area (Å²) in [5.74, 6) is 0. The van der Waals surface area contributed by atoms with Crippen molar-refractivity contribution < 1.29 is 19.3 Å². The molecule has 0 saturated heterocycles. The first-order valence-corrected chi connectivity index (χ1v) is 7.16. The van der Waals surface area contributed by atoms with Gasteiger partial charge in [-0.25, -0.2) is 14.6 Å². The Morgan fingerprint density at radius 1 is 1.16 bits per heavy atom. The molecule has 19 heavy (non-hydrogen) atoms. The topological polar surface area (TPSA) is 56.8 Å². The number of unbranched alkanes of at least 4 members (excludes halogenated alkanes) is 3. The summed E-state index contributed by atoms with van der Waals surface area (Å²) in [5, 5.41) is 2.66.